The summed E-state index contributed by atoms with van der Waals surface area (Å²) in [5.41, 5.74) is 1.07. The molecule has 1 aromatic rings. The van der Waals surface area contributed by atoms with E-state index in [9.17, 15) is 0 Å². The molecule has 0 aliphatic rings. The Balaban J connectivity index is 3.00. The summed E-state index contributed by atoms with van der Waals surface area (Å²) in [6, 6.07) is 0. The normalized spacial score (nSPS) is 9.93. The van der Waals surface area contributed by atoms with Crippen LogP contribution < -0.4 is 10.1 Å². The second kappa shape index (κ2) is 5.42. The molecule has 1 rings (SSSR count). The van der Waals surface area contributed by atoms with Gasteiger partial charge in [-0.2, -0.15) is 0 Å². The first-order chi connectivity index (χ1) is 6.83. The highest BCUT2D eigenvalue weighted by Crippen LogP contribution is 2.22. The molecule has 0 radical (unpaired) electrons. The van der Waals surface area contributed by atoms with Gasteiger partial charge in [-0.25, -0.2) is 9.97 Å². The van der Waals surface area contributed by atoms with E-state index in [1.54, 1.807) is 0 Å². The molecule has 0 amide bonds. The lowest BCUT2D eigenvalue weighted by Gasteiger charge is -2.11. The molecule has 0 fully saturated rings. The third-order valence-electron chi connectivity index (χ3n) is 1.92. The second-order valence-electron chi connectivity index (χ2n) is 2.94. The minimum Gasteiger partial charge on any atom is -0.478 e. The van der Waals surface area contributed by atoms with E-state index in [-0.39, 0.29) is 0 Å². The van der Waals surface area contributed by atoms with Crippen LogP contribution in [0.2, 0.25) is 0 Å². The molecule has 1 heterocycles. The van der Waals surface area contributed by atoms with Crippen molar-refractivity contribution in [3.63, 3.8) is 0 Å². The molecule has 1 N–H and O–H groups in total. The predicted molar refractivity (Wildman–Crippen MR) is 56.7 cm³/mol. The van der Waals surface area contributed by atoms with Crippen LogP contribution in [0.15, 0.2) is 6.33 Å². The first-order valence-corrected chi connectivity index (χ1v) is 4.97. The van der Waals surface area contributed by atoms with Gasteiger partial charge in [0.05, 0.1) is 12.2 Å². The number of aromatic nitrogens is 2. The van der Waals surface area contributed by atoms with Crippen molar-refractivity contribution in [2.24, 2.45) is 0 Å². The van der Waals surface area contributed by atoms with Crippen LogP contribution in [0.1, 0.15) is 25.8 Å². The Kier molecular flexibility index (Phi) is 4.16. The molecular formula is C10H17N3O. The first kappa shape index (κ1) is 10.8. The third kappa shape index (κ3) is 2.34. The summed E-state index contributed by atoms with van der Waals surface area (Å²) < 4.78 is 5.44. The number of hydrogen-bond acceptors (Lipinski definition) is 4. The number of nitrogens with zero attached hydrogens (tertiary/aromatic N) is 2. The van der Waals surface area contributed by atoms with Gasteiger partial charge in [-0.15, -0.1) is 0 Å². The molecule has 0 aromatic carbocycles. The van der Waals surface area contributed by atoms with Crippen molar-refractivity contribution in [2.75, 3.05) is 19.0 Å². The fourth-order valence-electron chi connectivity index (χ4n) is 1.35. The zero-order valence-corrected chi connectivity index (χ0v) is 9.00. The lowest BCUT2D eigenvalue weighted by molar-refractivity contribution is 0.322. The maximum Gasteiger partial charge on any atom is 0.221 e. The van der Waals surface area contributed by atoms with Crippen molar-refractivity contribution in [1.29, 1.82) is 0 Å². The average Bonchev–Trinajstić information content (AvgIpc) is 2.21. The third-order valence-corrected chi connectivity index (χ3v) is 1.92. The van der Waals surface area contributed by atoms with E-state index in [0.29, 0.717) is 12.5 Å². The van der Waals surface area contributed by atoms with Crippen LogP contribution in [0, 0.1) is 0 Å². The highest BCUT2D eigenvalue weighted by Gasteiger charge is 2.09. The van der Waals surface area contributed by atoms with Crippen molar-refractivity contribution in [2.45, 2.75) is 26.7 Å². The largest absolute Gasteiger partial charge is 0.478 e. The number of nitrogens with one attached hydrogen (secondary N) is 1. The minimum absolute atomic E-state index is 0.636. The average molecular weight is 195 g/mol. The Bertz CT molecular complexity index is 289. The Hall–Kier alpha value is -1.32. The monoisotopic (exact) mass is 195 g/mol. The summed E-state index contributed by atoms with van der Waals surface area (Å²) in [4.78, 5) is 8.28. The topological polar surface area (TPSA) is 47.0 Å². The van der Waals surface area contributed by atoms with E-state index in [2.05, 4.69) is 22.2 Å². The Labute approximate surface area is 84.7 Å². The summed E-state index contributed by atoms with van der Waals surface area (Å²) in [7, 11) is 1.86. The van der Waals surface area contributed by atoms with Gasteiger partial charge in [0.2, 0.25) is 5.88 Å². The van der Waals surface area contributed by atoms with Crippen LogP contribution in [0.25, 0.3) is 0 Å². The Morgan fingerprint density at radius 3 is 2.71 bits per heavy atom. The summed E-state index contributed by atoms with van der Waals surface area (Å²) in [5, 5.41) is 3.05. The van der Waals surface area contributed by atoms with Crippen molar-refractivity contribution in [1.82, 2.24) is 9.97 Å². The van der Waals surface area contributed by atoms with Crippen molar-refractivity contribution < 1.29 is 4.74 Å². The summed E-state index contributed by atoms with van der Waals surface area (Å²) in [6.07, 6.45) is 3.52. The van der Waals surface area contributed by atoms with Crippen molar-refractivity contribution in [3.8, 4) is 5.88 Å². The first-order valence-electron chi connectivity index (χ1n) is 4.97. The molecule has 4 heteroatoms. The van der Waals surface area contributed by atoms with Gasteiger partial charge in [0.15, 0.2) is 0 Å². The highest BCUT2D eigenvalue weighted by atomic mass is 16.5. The van der Waals surface area contributed by atoms with E-state index >= 15 is 0 Å². The van der Waals surface area contributed by atoms with Gasteiger partial charge in [-0.3, -0.25) is 0 Å². The van der Waals surface area contributed by atoms with E-state index in [1.165, 1.54) is 6.33 Å². The Morgan fingerprint density at radius 2 is 2.14 bits per heavy atom. The van der Waals surface area contributed by atoms with Gasteiger partial charge < -0.3 is 10.1 Å². The molecule has 0 saturated carbocycles. The Morgan fingerprint density at radius 1 is 1.36 bits per heavy atom. The lowest BCUT2D eigenvalue weighted by atomic mass is 10.2. The standard InChI is InChI=1S/C10H17N3O/c1-4-6-8-9(11-3)12-7-13-10(8)14-5-2/h7H,4-6H2,1-3H3,(H,11,12,13). The fourth-order valence-corrected chi connectivity index (χ4v) is 1.35. The molecule has 0 saturated heterocycles. The van der Waals surface area contributed by atoms with Crippen LogP contribution in [0.3, 0.4) is 0 Å². The molecule has 0 unspecified atom stereocenters. The van der Waals surface area contributed by atoms with Crippen LogP contribution in [-0.2, 0) is 6.42 Å². The number of hydrogen-bond donors (Lipinski definition) is 1. The second-order valence-corrected chi connectivity index (χ2v) is 2.94. The van der Waals surface area contributed by atoms with E-state index in [4.69, 9.17) is 4.74 Å². The van der Waals surface area contributed by atoms with Crippen LogP contribution >= 0.6 is 0 Å². The van der Waals surface area contributed by atoms with Gasteiger partial charge in [0.25, 0.3) is 0 Å². The molecule has 1 aromatic heterocycles. The van der Waals surface area contributed by atoms with Crippen molar-refractivity contribution >= 4 is 5.82 Å². The SMILES string of the molecule is CCCc1c(NC)ncnc1OCC. The van der Waals surface area contributed by atoms with Gasteiger partial charge >= 0.3 is 0 Å². The van der Waals surface area contributed by atoms with Crippen molar-refractivity contribution in [3.05, 3.63) is 11.9 Å². The molecule has 14 heavy (non-hydrogen) atoms. The predicted octanol–water partition coefficient (Wildman–Crippen LogP) is 1.87. The molecule has 78 valence electrons. The molecule has 0 bridgehead atoms. The van der Waals surface area contributed by atoms with Gasteiger partial charge in [0, 0.05) is 7.05 Å². The van der Waals surface area contributed by atoms with Crippen LogP contribution in [0.5, 0.6) is 5.88 Å². The molecule has 0 spiro atoms. The number of anilines is 1. The molecule has 0 atom stereocenters. The summed E-state index contributed by atoms with van der Waals surface area (Å²) in [6.45, 7) is 4.72. The number of ether oxygens (including phenoxy) is 1. The highest BCUT2D eigenvalue weighted by molar-refractivity contribution is 5.48. The van der Waals surface area contributed by atoms with Crippen LogP contribution in [0.4, 0.5) is 5.82 Å². The zero-order valence-electron chi connectivity index (χ0n) is 9.00. The minimum atomic E-state index is 0.636. The van der Waals surface area contributed by atoms with Gasteiger partial charge in [0.1, 0.15) is 12.1 Å². The smallest absolute Gasteiger partial charge is 0.221 e. The van der Waals surface area contributed by atoms with E-state index < -0.39 is 0 Å². The lowest BCUT2D eigenvalue weighted by Crippen LogP contribution is -2.05. The van der Waals surface area contributed by atoms with Crippen LogP contribution in [-0.4, -0.2) is 23.6 Å². The molecule has 4 nitrogen and oxygen atoms in total. The quantitative estimate of drug-likeness (QED) is 0.779. The summed E-state index contributed by atoms with van der Waals surface area (Å²) >= 11 is 0. The zero-order chi connectivity index (χ0) is 10.4. The molecular weight excluding hydrogens is 178 g/mol. The van der Waals surface area contributed by atoms with E-state index in [0.717, 1.165) is 24.2 Å². The fraction of sp³-hybridized carbons (Fsp3) is 0.600. The number of rotatable bonds is 5. The van der Waals surface area contributed by atoms with E-state index in [1.807, 2.05) is 14.0 Å². The molecule has 0 aliphatic heterocycles. The molecule has 0 aliphatic carbocycles. The van der Waals surface area contributed by atoms with Gasteiger partial charge in [-0.05, 0) is 13.3 Å². The summed E-state index contributed by atoms with van der Waals surface area (Å²) in [5.74, 6) is 1.57. The maximum absolute atomic E-state index is 5.44. The maximum atomic E-state index is 5.44. The van der Waals surface area contributed by atoms with Gasteiger partial charge in [-0.1, -0.05) is 13.3 Å².